The van der Waals surface area contributed by atoms with Gasteiger partial charge in [0.1, 0.15) is 0 Å². The molecule has 1 aliphatic heterocycles. The van der Waals surface area contributed by atoms with Crippen LogP contribution in [0.15, 0.2) is 27.3 Å². The lowest BCUT2D eigenvalue weighted by molar-refractivity contribution is 0.0745. The SMILES string of the molecule is CC(C)c1nc([C@@]23CCC[C@@H]2CN(C(=O)c2ccco2)C3)no1. The first kappa shape index (κ1) is 14.5. The molecule has 2 fully saturated rings. The Hall–Kier alpha value is -2.11. The highest BCUT2D eigenvalue weighted by molar-refractivity contribution is 5.91. The second-order valence-corrected chi connectivity index (χ2v) is 7.02. The number of nitrogens with zero attached hydrogens (tertiary/aromatic N) is 3. The van der Waals surface area contributed by atoms with E-state index in [2.05, 4.69) is 10.1 Å². The first-order valence-electron chi connectivity index (χ1n) is 8.27. The minimum atomic E-state index is -0.154. The highest BCUT2D eigenvalue weighted by Crippen LogP contribution is 2.49. The Morgan fingerprint density at radius 3 is 3.04 bits per heavy atom. The van der Waals surface area contributed by atoms with E-state index in [9.17, 15) is 4.79 Å². The number of carbonyl (C=O) groups is 1. The van der Waals surface area contributed by atoms with E-state index >= 15 is 0 Å². The summed E-state index contributed by atoms with van der Waals surface area (Å²) in [7, 11) is 0. The van der Waals surface area contributed by atoms with Gasteiger partial charge >= 0.3 is 0 Å². The molecule has 2 aromatic heterocycles. The van der Waals surface area contributed by atoms with Crippen LogP contribution in [0.2, 0.25) is 0 Å². The van der Waals surface area contributed by atoms with Crippen molar-refractivity contribution in [3.8, 4) is 0 Å². The number of rotatable bonds is 3. The van der Waals surface area contributed by atoms with E-state index in [0.717, 1.165) is 31.6 Å². The molecular weight excluding hydrogens is 294 g/mol. The molecule has 6 heteroatoms. The highest BCUT2D eigenvalue weighted by Gasteiger charge is 2.54. The van der Waals surface area contributed by atoms with Gasteiger partial charge in [0.2, 0.25) is 5.89 Å². The Balaban J connectivity index is 1.63. The summed E-state index contributed by atoms with van der Waals surface area (Å²) in [6, 6.07) is 3.46. The second kappa shape index (κ2) is 5.22. The van der Waals surface area contributed by atoms with Crippen molar-refractivity contribution in [3.05, 3.63) is 35.9 Å². The van der Waals surface area contributed by atoms with Crippen LogP contribution in [0.4, 0.5) is 0 Å². The third kappa shape index (κ3) is 2.19. The van der Waals surface area contributed by atoms with Gasteiger partial charge in [-0.15, -0.1) is 0 Å². The number of hydrogen-bond donors (Lipinski definition) is 0. The van der Waals surface area contributed by atoms with Gasteiger partial charge in [0.25, 0.3) is 5.91 Å². The molecule has 6 nitrogen and oxygen atoms in total. The van der Waals surface area contributed by atoms with Gasteiger partial charge in [-0.1, -0.05) is 25.4 Å². The monoisotopic (exact) mass is 315 g/mol. The number of fused-ring (bicyclic) bond motifs is 1. The van der Waals surface area contributed by atoms with Crippen LogP contribution < -0.4 is 0 Å². The van der Waals surface area contributed by atoms with Crippen molar-refractivity contribution in [1.82, 2.24) is 15.0 Å². The fourth-order valence-electron chi connectivity index (χ4n) is 4.04. The zero-order chi connectivity index (χ0) is 16.0. The minimum Gasteiger partial charge on any atom is -0.459 e. The van der Waals surface area contributed by atoms with Crippen LogP contribution in [0.3, 0.4) is 0 Å². The average molecular weight is 315 g/mol. The molecule has 23 heavy (non-hydrogen) atoms. The lowest BCUT2D eigenvalue weighted by Gasteiger charge is -2.24. The summed E-state index contributed by atoms with van der Waals surface area (Å²) in [4.78, 5) is 19.1. The quantitative estimate of drug-likeness (QED) is 0.870. The number of hydrogen-bond acceptors (Lipinski definition) is 5. The van der Waals surface area contributed by atoms with Crippen LogP contribution in [0.5, 0.6) is 0 Å². The molecule has 1 aliphatic carbocycles. The van der Waals surface area contributed by atoms with E-state index in [1.54, 1.807) is 12.1 Å². The van der Waals surface area contributed by atoms with Gasteiger partial charge in [-0.25, -0.2) is 0 Å². The van der Waals surface area contributed by atoms with Crippen LogP contribution in [-0.4, -0.2) is 34.0 Å². The van der Waals surface area contributed by atoms with Gasteiger partial charge in [-0.05, 0) is 30.9 Å². The van der Waals surface area contributed by atoms with Crippen molar-refractivity contribution < 1.29 is 13.7 Å². The van der Waals surface area contributed by atoms with Gasteiger partial charge < -0.3 is 13.8 Å². The van der Waals surface area contributed by atoms with E-state index in [4.69, 9.17) is 8.94 Å². The number of carbonyl (C=O) groups excluding carboxylic acids is 1. The number of amides is 1. The zero-order valence-corrected chi connectivity index (χ0v) is 13.5. The first-order valence-corrected chi connectivity index (χ1v) is 8.27. The smallest absolute Gasteiger partial charge is 0.289 e. The van der Waals surface area contributed by atoms with Gasteiger partial charge in [-0.3, -0.25) is 4.79 Å². The average Bonchev–Trinajstić information content (AvgIpc) is 3.27. The predicted molar refractivity (Wildman–Crippen MR) is 82.0 cm³/mol. The highest BCUT2D eigenvalue weighted by atomic mass is 16.5. The molecule has 0 spiro atoms. The summed E-state index contributed by atoms with van der Waals surface area (Å²) in [5.74, 6) is 2.43. The third-order valence-electron chi connectivity index (χ3n) is 5.27. The molecule has 0 unspecified atom stereocenters. The molecule has 1 saturated heterocycles. The second-order valence-electron chi connectivity index (χ2n) is 7.02. The predicted octanol–water partition coefficient (Wildman–Crippen LogP) is 2.98. The van der Waals surface area contributed by atoms with Crippen molar-refractivity contribution in [2.24, 2.45) is 5.92 Å². The van der Waals surface area contributed by atoms with Crippen molar-refractivity contribution in [1.29, 1.82) is 0 Å². The molecule has 0 N–H and O–H groups in total. The van der Waals surface area contributed by atoms with Crippen LogP contribution in [0.1, 0.15) is 61.3 Å². The molecular formula is C17H21N3O3. The zero-order valence-electron chi connectivity index (χ0n) is 13.5. The Morgan fingerprint density at radius 2 is 2.35 bits per heavy atom. The Kier molecular flexibility index (Phi) is 3.28. The molecule has 0 bridgehead atoms. The molecule has 1 amide bonds. The topological polar surface area (TPSA) is 72.4 Å². The van der Waals surface area contributed by atoms with Crippen molar-refractivity contribution >= 4 is 5.91 Å². The lowest BCUT2D eigenvalue weighted by atomic mass is 9.80. The van der Waals surface area contributed by atoms with Gasteiger partial charge in [0, 0.05) is 19.0 Å². The molecule has 1 saturated carbocycles. The molecule has 2 aromatic rings. The number of furan rings is 1. The van der Waals surface area contributed by atoms with Gasteiger partial charge in [0.15, 0.2) is 11.6 Å². The molecule has 3 heterocycles. The standard InChI is InChI=1S/C17H21N3O3/c1-11(2)14-18-16(19-23-14)17-7-3-5-12(17)9-20(10-17)15(21)13-6-4-8-22-13/h4,6,8,11-12H,3,5,7,9-10H2,1-2H3/t12-,17-/m1/s1. The van der Waals surface area contributed by atoms with E-state index < -0.39 is 0 Å². The number of aromatic nitrogens is 2. The summed E-state index contributed by atoms with van der Waals surface area (Å²) in [5.41, 5.74) is -0.154. The lowest BCUT2D eigenvalue weighted by Crippen LogP contribution is -2.35. The summed E-state index contributed by atoms with van der Waals surface area (Å²) in [6.45, 7) is 5.48. The number of likely N-dealkylation sites (tertiary alicyclic amines) is 1. The molecule has 0 aromatic carbocycles. The maximum absolute atomic E-state index is 12.6. The van der Waals surface area contributed by atoms with Crippen LogP contribution in [-0.2, 0) is 5.41 Å². The molecule has 2 atom stereocenters. The van der Waals surface area contributed by atoms with Crippen LogP contribution >= 0.6 is 0 Å². The minimum absolute atomic E-state index is 0.0450. The maximum Gasteiger partial charge on any atom is 0.289 e. The summed E-state index contributed by atoms with van der Waals surface area (Å²) in [6.07, 6.45) is 4.80. The van der Waals surface area contributed by atoms with Crippen molar-refractivity contribution in [3.63, 3.8) is 0 Å². The molecule has 122 valence electrons. The van der Waals surface area contributed by atoms with Crippen molar-refractivity contribution in [2.75, 3.05) is 13.1 Å². The summed E-state index contributed by atoms with van der Waals surface area (Å²) in [5, 5.41) is 4.26. The Morgan fingerprint density at radius 1 is 1.48 bits per heavy atom. The molecule has 4 rings (SSSR count). The Labute approximate surface area is 134 Å². The first-order chi connectivity index (χ1) is 11.1. The van der Waals surface area contributed by atoms with Gasteiger partial charge in [0.05, 0.1) is 11.7 Å². The van der Waals surface area contributed by atoms with Crippen LogP contribution in [0.25, 0.3) is 0 Å². The largest absolute Gasteiger partial charge is 0.459 e. The fourth-order valence-corrected chi connectivity index (χ4v) is 4.04. The van der Waals surface area contributed by atoms with Gasteiger partial charge in [-0.2, -0.15) is 4.98 Å². The molecule has 0 radical (unpaired) electrons. The summed E-state index contributed by atoms with van der Waals surface area (Å²) < 4.78 is 10.7. The molecule has 2 aliphatic rings. The van der Waals surface area contributed by atoms with E-state index in [0.29, 0.717) is 24.1 Å². The maximum atomic E-state index is 12.6. The fraction of sp³-hybridized carbons (Fsp3) is 0.588. The normalized spacial score (nSPS) is 26.9. The Bertz CT molecular complexity index is 707. The van der Waals surface area contributed by atoms with E-state index in [1.165, 1.54) is 6.26 Å². The third-order valence-corrected chi connectivity index (χ3v) is 5.27. The summed E-state index contributed by atoms with van der Waals surface area (Å²) >= 11 is 0. The van der Waals surface area contributed by atoms with Crippen LogP contribution in [0, 0.1) is 5.92 Å². The van der Waals surface area contributed by atoms with E-state index in [1.807, 2.05) is 18.7 Å². The van der Waals surface area contributed by atoms with Crippen molar-refractivity contribution in [2.45, 2.75) is 44.4 Å². The van der Waals surface area contributed by atoms with E-state index in [-0.39, 0.29) is 17.2 Å².